The summed E-state index contributed by atoms with van der Waals surface area (Å²) in [5.74, 6) is -1.43. The van der Waals surface area contributed by atoms with E-state index in [2.05, 4.69) is 13.2 Å². The molecule has 6 heteroatoms. The fraction of sp³-hybridized carbons (Fsp3) is 0.778. The summed E-state index contributed by atoms with van der Waals surface area (Å²) in [5.41, 5.74) is 0. The molecular formula is C18H28O6. The lowest BCUT2D eigenvalue weighted by Crippen LogP contribution is -2.63. The molecule has 3 fully saturated rings. The lowest BCUT2D eigenvalue weighted by Gasteiger charge is -2.42. The van der Waals surface area contributed by atoms with E-state index >= 15 is 0 Å². The molecule has 136 valence electrons. The number of hydrogen-bond donors (Lipinski definition) is 0. The Labute approximate surface area is 143 Å². The molecule has 2 aliphatic heterocycles. The van der Waals surface area contributed by atoms with E-state index in [9.17, 15) is 0 Å². The van der Waals surface area contributed by atoms with Gasteiger partial charge in [0.25, 0.3) is 0 Å². The van der Waals surface area contributed by atoms with Gasteiger partial charge < -0.3 is 28.4 Å². The topological polar surface area (TPSA) is 55.4 Å². The summed E-state index contributed by atoms with van der Waals surface area (Å²) >= 11 is 0. The Morgan fingerprint density at radius 2 is 1.00 bits per heavy atom. The van der Waals surface area contributed by atoms with E-state index in [1.165, 1.54) is 0 Å². The highest BCUT2D eigenvalue weighted by Crippen LogP contribution is 2.46. The molecule has 6 atom stereocenters. The molecular weight excluding hydrogens is 312 g/mol. The first-order valence-corrected chi connectivity index (χ1v) is 8.44. The molecule has 0 N–H and O–H groups in total. The summed E-state index contributed by atoms with van der Waals surface area (Å²) in [7, 11) is 0. The quantitative estimate of drug-likeness (QED) is 0.691. The first kappa shape index (κ1) is 18.0. The van der Waals surface area contributed by atoms with Crippen LogP contribution in [0.3, 0.4) is 0 Å². The maximum absolute atomic E-state index is 6.13. The molecule has 2 heterocycles. The molecule has 3 aliphatic rings. The van der Waals surface area contributed by atoms with Gasteiger partial charge in [-0.3, -0.25) is 0 Å². The van der Waals surface area contributed by atoms with Crippen LogP contribution in [0.2, 0.25) is 0 Å². The molecule has 3 unspecified atom stereocenters. The molecule has 6 nitrogen and oxygen atoms in total. The molecule has 0 aromatic carbocycles. The average molecular weight is 340 g/mol. The van der Waals surface area contributed by atoms with Gasteiger partial charge in [0.15, 0.2) is 11.6 Å². The Bertz CT molecular complexity index is 416. The van der Waals surface area contributed by atoms with Crippen molar-refractivity contribution in [1.82, 2.24) is 0 Å². The molecule has 0 amide bonds. The van der Waals surface area contributed by atoms with Crippen molar-refractivity contribution in [2.24, 2.45) is 0 Å². The zero-order valence-corrected chi connectivity index (χ0v) is 14.9. The Hall–Kier alpha value is -0.760. The molecule has 1 saturated carbocycles. The van der Waals surface area contributed by atoms with Crippen LogP contribution in [0, 0.1) is 0 Å². The van der Waals surface area contributed by atoms with Gasteiger partial charge in [-0.15, -0.1) is 13.2 Å². The molecule has 0 bridgehead atoms. The highest BCUT2D eigenvalue weighted by atomic mass is 16.8. The predicted molar refractivity (Wildman–Crippen MR) is 87.5 cm³/mol. The Morgan fingerprint density at radius 1 is 0.708 bits per heavy atom. The highest BCUT2D eigenvalue weighted by molar-refractivity contribution is 5.09. The maximum atomic E-state index is 6.13. The van der Waals surface area contributed by atoms with Crippen LogP contribution < -0.4 is 0 Å². The second-order valence-corrected chi connectivity index (χ2v) is 7.30. The SMILES string of the molecule is C=CCOC1C2OC(C)(C)O[C@@H]2C(OCC=C)[C@@H]2OC(C)(C)O[C@H]12. The normalized spacial score (nSPS) is 42.3. The summed E-state index contributed by atoms with van der Waals surface area (Å²) in [4.78, 5) is 0. The third-order valence-corrected chi connectivity index (χ3v) is 4.44. The van der Waals surface area contributed by atoms with E-state index in [-0.39, 0.29) is 36.6 Å². The number of ether oxygens (including phenoxy) is 6. The van der Waals surface area contributed by atoms with Crippen molar-refractivity contribution in [3.63, 3.8) is 0 Å². The van der Waals surface area contributed by atoms with Crippen molar-refractivity contribution in [3.05, 3.63) is 25.3 Å². The van der Waals surface area contributed by atoms with E-state index in [0.717, 1.165) is 0 Å². The van der Waals surface area contributed by atoms with Crippen LogP contribution in [0.5, 0.6) is 0 Å². The van der Waals surface area contributed by atoms with Gasteiger partial charge in [-0.05, 0) is 27.7 Å². The summed E-state index contributed by atoms with van der Waals surface area (Å²) in [6.07, 6.45) is 1.61. The molecule has 0 aromatic heterocycles. The van der Waals surface area contributed by atoms with Crippen molar-refractivity contribution in [1.29, 1.82) is 0 Å². The van der Waals surface area contributed by atoms with Gasteiger partial charge in [-0.25, -0.2) is 0 Å². The minimum absolute atomic E-state index is 0.298. The van der Waals surface area contributed by atoms with Gasteiger partial charge in [0, 0.05) is 0 Å². The smallest absolute Gasteiger partial charge is 0.164 e. The number of fused-ring (bicyclic) bond motifs is 2. The summed E-state index contributed by atoms with van der Waals surface area (Å²) in [5, 5.41) is 0. The van der Waals surface area contributed by atoms with Crippen molar-refractivity contribution < 1.29 is 28.4 Å². The average Bonchev–Trinajstić information content (AvgIpc) is 2.97. The Kier molecular flexibility index (Phi) is 4.90. The van der Waals surface area contributed by atoms with E-state index in [4.69, 9.17) is 28.4 Å². The van der Waals surface area contributed by atoms with Gasteiger partial charge in [0.05, 0.1) is 13.2 Å². The van der Waals surface area contributed by atoms with Gasteiger partial charge in [0.1, 0.15) is 36.6 Å². The fourth-order valence-electron chi connectivity index (χ4n) is 3.76. The van der Waals surface area contributed by atoms with Crippen molar-refractivity contribution in [2.75, 3.05) is 13.2 Å². The van der Waals surface area contributed by atoms with Crippen LogP contribution in [0.25, 0.3) is 0 Å². The number of hydrogen-bond acceptors (Lipinski definition) is 6. The van der Waals surface area contributed by atoms with Crippen LogP contribution in [-0.2, 0) is 28.4 Å². The summed E-state index contributed by atoms with van der Waals surface area (Å²) < 4.78 is 36.5. The monoisotopic (exact) mass is 340 g/mol. The number of rotatable bonds is 6. The van der Waals surface area contributed by atoms with Gasteiger partial charge >= 0.3 is 0 Å². The third kappa shape index (κ3) is 3.31. The van der Waals surface area contributed by atoms with Gasteiger partial charge in [-0.2, -0.15) is 0 Å². The Morgan fingerprint density at radius 3 is 1.25 bits per heavy atom. The largest absolute Gasteiger partial charge is 0.369 e. The Balaban J connectivity index is 1.91. The zero-order valence-electron chi connectivity index (χ0n) is 14.9. The fourth-order valence-corrected chi connectivity index (χ4v) is 3.76. The van der Waals surface area contributed by atoms with Crippen LogP contribution in [-0.4, -0.2) is 61.4 Å². The van der Waals surface area contributed by atoms with Crippen molar-refractivity contribution in [2.45, 2.75) is 75.9 Å². The molecule has 0 radical (unpaired) electrons. The van der Waals surface area contributed by atoms with E-state index in [1.54, 1.807) is 12.2 Å². The zero-order chi connectivity index (χ0) is 17.5. The molecule has 1 aliphatic carbocycles. The standard InChI is InChI=1S/C18H28O6/c1-7-9-19-11-13-15(23-17(3,4)21-13)12(20-10-8-2)16-14(11)22-18(5,6)24-16/h7-8,11-16H,1-2,9-10H2,3-6H3/t11?,12?,13-,14+,15+,16?/m0/s1. The van der Waals surface area contributed by atoms with Crippen LogP contribution in [0.4, 0.5) is 0 Å². The van der Waals surface area contributed by atoms with Crippen LogP contribution in [0.15, 0.2) is 25.3 Å². The van der Waals surface area contributed by atoms with Crippen molar-refractivity contribution in [3.8, 4) is 0 Å². The minimum atomic E-state index is -0.713. The lowest BCUT2D eigenvalue weighted by molar-refractivity contribution is -0.187. The van der Waals surface area contributed by atoms with E-state index < -0.39 is 11.6 Å². The summed E-state index contributed by atoms with van der Waals surface area (Å²) in [6, 6.07) is 0. The molecule has 3 rings (SSSR count). The summed E-state index contributed by atoms with van der Waals surface area (Å²) in [6.45, 7) is 15.8. The molecule has 0 spiro atoms. The molecule has 0 aromatic rings. The van der Waals surface area contributed by atoms with Crippen LogP contribution >= 0.6 is 0 Å². The van der Waals surface area contributed by atoms with Crippen LogP contribution in [0.1, 0.15) is 27.7 Å². The molecule has 2 saturated heterocycles. The third-order valence-electron chi connectivity index (χ3n) is 4.44. The van der Waals surface area contributed by atoms with Gasteiger partial charge in [-0.1, -0.05) is 12.2 Å². The van der Waals surface area contributed by atoms with E-state index in [1.807, 2.05) is 27.7 Å². The predicted octanol–water partition coefficient (Wildman–Crippen LogP) is 2.18. The second-order valence-electron chi connectivity index (χ2n) is 7.30. The highest BCUT2D eigenvalue weighted by Gasteiger charge is 2.64. The molecule has 24 heavy (non-hydrogen) atoms. The first-order valence-electron chi connectivity index (χ1n) is 8.44. The van der Waals surface area contributed by atoms with Crippen molar-refractivity contribution >= 4 is 0 Å². The maximum Gasteiger partial charge on any atom is 0.164 e. The minimum Gasteiger partial charge on any atom is -0.369 e. The van der Waals surface area contributed by atoms with E-state index in [0.29, 0.717) is 13.2 Å². The first-order chi connectivity index (χ1) is 11.3. The second kappa shape index (κ2) is 6.52. The lowest BCUT2D eigenvalue weighted by atomic mass is 9.84. The van der Waals surface area contributed by atoms with Gasteiger partial charge in [0.2, 0.25) is 0 Å².